The van der Waals surface area contributed by atoms with Crippen LogP contribution >= 0.6 is 0 Å². The lowest BCUT2D eigenvalue weighted by Gasteiger charge is -2.37. The zero-order chi connectivity index (χ0) is 23.9. The molecule has 34 heavy (non-hydrogen) atoms. The predicted molar refractivity (Wildman–Crippen MR) is 126 cm³/mol. The molecule has 0 spiro atoms. The van der Waals surface area contributed by atoms with Crippen LogP contribution in [0, 0.1) is 11.8 Å². The highest BCUT2D eigenvalue weighted by Crippen LogP contribution is 2.45. The van der Waals surface area contributed by atoms with Crippen molar-refractivity contribution in [2.75, 3.05) is 20.2 Å². The Morgan fingerprint density at radius 1 is 1.06 bits per heavy atom. The first-order valence-corrected chi connectivity index (χ1v) is 12.0. The summed E-state index contributed by atoms with van der Waals surface area (Å²) >= 11 is 0. The van der Waals surface area contributed by atoms with Gasteiger partial charge in [0.05, 0.1) is 5.92 Å². The van der Waals surface area contributed by atoms with E-state index in [-0.39, 0.29) is 30.9 Å². The fourth-order valence-electron chi connectivity index (χ4n) is 5.41. The number of likely N-dealkylation sites (N-methyl/N-ethyl adjacent to an activating group) is 1. The number of carboxylic acid groups (broad SMARTS) is 1. The largest absolute Gasteiger partial charge is 0.479 e. The van der Waals surface area contributed by atoms with Crippen molar-refractivity contribution in [2.24, 2.45) is 11.8 Å². The molecule has 2 amide bonds. The van der Waals surface area contributed by atoms with Crippen LogP contribution in [0.2, 0.25) is 0 Å². The Bertz CT molecular complexity index is 1080. The number of hydrogen-bond acceptors (Lipinski definition) is 4. The Hall–Kier alpha value is -3.35. The molecule has 1 atom stereocenters. The maximum absolute atomic E-state index is 13.2. The molecule has 0 bridgehead atoms. The van der Waals surface area contributed by atoms with E-state index in [2.05, 4.69) is 29.6 Å². The molecule has 2 saturated carbocycles. The summed E-state index contributed by atoms with van der Waals surface area (Å²) in [5.41, 5.74) is 3.53. The fourth-order valence-corrected chi connectivity index (χ4v) is 5.41. The minimum absolute atomic E-state index is 0.0290. The van der Waals surface area contributed by atoms with E-state index in [0.717, 1.165) is 30.4 Å². The van der Waals surface area contributed by atoms with E-state index in [0.29, 0.717) is 12.8 Å². The second-order valence-electron chi connectivity index (χ2n) is 9.74. The van der Waals surface area contributed by atoms with Gasteiger partial charge in [0.1, 0.15) is 12.1 Å². The standard InChI is InChI=1S/C27H30N2O5/c1-29(27(13-14-27)25(31)32)24(30)22(17-7-6-8-17)15-28-26(33)34-16-23-20-11-4-2-9-18(20)19-10-3-5-12-21(19)23/h2-5,9-12,17,22-23H,6-8,13-16H2,1H3,(H,28,33)(H,31,32). The lowest BCUT2D eigenvalue weighted by molar-refractivity contribution is -0.154. The van der Waals surface area contributed by atoms with Crippen LogP contribution < -0.4 is 5.32 Å². The van der Waals surface area contributed by atoms with E-state index in [1.165, 1.54) is 16.0 Å². The first-order chi connectivity index (χ1) is 16.4. The Kier molecular flexibility index (Phi) is 5.80. The Labute approximate surface area is 199 Å². The van der Waals surface area contributed by atoms with Gasteiger partial charge >= 0.3 is 12.1 Å². The number of rotatable bonds is 8. The number of amides is 2. The normalized spacial score (nSPS) is 18.7. The van der Waals surface area contributed by atoms with Crippen LogP contribution in [0.4, 0.5) is 4.79 Å². The average molecular weight is 463 g/mol. The number of alkyl carbamates (subject to hydrolysis) is 1. The maximum atomic E-state index is 13.2. The molecule has 2 aromatic rings. The molecule has 0 saturated heterocycles. The van der Waals surface area contributed by atoms with Crippen LogP contribution in [0.15, 0.2) is 48.5 Å². The number of carboxylic acids is 1. The summed E-state index contributed by atoms with van der Waals surface area (Å²) in [5, 5.41) is 12.3. The van der Waals surface area contributed by atoms with E-state index in [1.54, 1.807) is 7.05 Å². The van der Waals surface area contributed by atoms with Crippen molar-refractivity contribution in [2.45, 2.75) is 43.6 Å². The second-order valence-corrected chi connectivity index (χ2v) is 9.74. The summed E-state index contributed by atoms with van der Waals surface area (Å²) < 4.78 is 5.61. The maximum Gasteiger partial charge on any atom is 0.407 e. The van der Waals surface area contributed by atoms with Gasteiger partial charge in [-0.15, -0.1) is 0 Å². The zero-order valence-electron chi connectivity index (χ0n) is 19.3. The van der Waals surface area contributed by atoms with Gasteiger partial charge in [-0.05, 0) is 53.9 Å². The minimum atomic E-state index is -1.08. The van der Waals surface area contributed by atoms with Gasteiger partial charge in [-0.2, -0.15) is 0 Å². The number of aliphatic carboxylic acids is 1. The van der Waals surface area contributed by atoms with Crippen LogP contribution in [-0.4, -0.2) is 53.7 Å². The van der Waals surface area contributed by atoms with Gasteiger partial charge in [-0.1, -0.05) is 55.0 Å². The van der Waals surface area contributed by atoms with Crippen LogP contribution in [0.1, 0.15) is 49.1 Å². The van der Waals surface area contributed by atoms with Crippen molar-refractivity contribution in [3.8, 4) is 11.1 Å². The molecule has 7 nitrogen and oxygen atoms in total. The third-order valence-electron chi connectivity index (χ3n) is 7.94. The van der Waals surface area contributed by atoms with Crippen molar-refractivity contribution in [1.82, 2.24) is 10.2 Å². The highest BCUT2D eigenvalue weighted by molar-refractivity contribution is 5.90. The summed E-state index contributed by atoms with van der Waals surface area (Å²) in [4.78, 5) is 38.9. The van der Waals surface area contributed by atoms with Crippen molar-refractivity contribution in [3.63, 3.8) is 0 Å². The Morgan fingerprint density at radius 3 is 2.15 bits per heavy atom. The first kappa shape index (κ1) is 22.4. The van der Waals surface area contributed by atoms with Crippen molar-refractivity contribution >= 4 is 18.0 Å². The van der Waals surface area contributed by atoms with Crippen molar-refractivity contribution < 1.29 is 24.2 Å². The Balaban J connectivity index is 1.21. The van der Waals surface area contributed by atoms with Gasteiger partial charge in [0, 0.05) is 19.5 Å². The van der Waals surface area contributed by atoms with Crippen molar-refractivity contribution in [1.29, 1.82) is 0 Å². The summed E-state index contributed by atoms with van der Waals surface area (Å²) in [6.45, 7) is 0.365. The Morgan fingerprint density at radius 2 is 1.65 bits per heavy atom. The molecule has 178 valence electrons. The number of carbonyl (C=O) groups excluding carboxylic acids is 2. The molecular weight excluding hydrogens is 432 g/mol. The smallest absolute Gasteiger partial charge is 0.407 e. The molecule has 3 aliphatic carbocycles. The summed E-state index contributed by atoms with van der Waals surface area (Å²) in [5.74, 6) is -1.47. The minimum Gasteiger partial charge on any atom is -0.479 e. The summed E-state index contributed by atoms with van der Waals surface area (Å²) in [6, 6.07) is 16.3. The molecule has 0 aliphatic heterocycles. The van der Waals surface area contributed by atoms with Crippen molar-refractivity contribution in [3.05, 3.63) is 59.7 Å². The van der Waals surface area contributed by atoms with Gasteiger partial charge in [-0.25, -0.2) is 9.59 Å². The first-order valence-electron chi connectivity index (χ1n) is 12.0. The number of hydrogen-bond donors (Lipinski definition) is 2. The number of nitrogens with one attached hydrogen (secondary N) is 1. The van der Waals surface area contributed by atoms with Gasteiger partial charge in [-0.3, -0.25) is 4.79 Å². The van der Waals surface area contributed by atoms with Crippen LogP contribution in [0.3, 0.4) is 0 Å². The number of fused-ring (bicyclic) bond motifs is 3. The SMILES string of the molecule is CN(C(=O)C(CNC(=O)OCC1c2ccccc2-c2ccccc21)C1CCC1)C1(C(=O)O)CC1. The third kappa shape index (κ3) is 3.83. The third-order valence-corrected chi connectivity index (χ3v) is 7.94. The lowest BCUT2D eigenvalue weighted by atomic mass is 9.75. The number of carbonyl (C=O) groups is 3. The molecule has 0 aromatic heterocycles. The van der Waals surface area contributed by atoms with Crippen LogP contribution in [-0.2, 0) is 14.3 Å². The fraction of sp³-hybridized carbons (Fsp3) is 0.444. The van der Waals surface area contributed by atoms with E-state index in [1.807, 2.05) is 24.3 Å². The highest BCUT2D eigenvalue weighted by Gasteiger charge is 2.56. The molecule has 2 fully saturated rings. The molecule has 1 unspecified atom stereocenters. The predicted octanol–water partition coefficient (Wildman–Crippen LogP) is 4.02. The second kappa shape index (κ2) is 8.78. The van der Waals surface area contributed by atoms with Crippen LogP contribution in [0.5, 0.6) is 0 Å². The number of ether oxygens (including phenoxy) is 1. The zero-order valence-corrected chi connectivity index (χ0v) is 19.3. The molecule has 0 heterocycles. The van der Waals surface area contributed by atoms with Gasteiger partial charge in [0.25, 0.3) is 0 Å². The monoisotopic (exact) mass is 462 g/mol. The summed E-state index contributed by atoms with van der Waals surface area (Å²) in [6.07, 6.45) is 3.27. The molecule has 2 aromatic carbocycles. The molecule has 7 heteroatoms. The molecular formula is C27H30N2O5. The number of nitrogens with zero attached hydrogens (tertiary/aromatic N) is 1. The van der Waals surface area contributed by atoms with Gasteiger partial charge < -0.3 is 20.1 Å². The van der Waals surface area contributed by atoms with Crippen LogP contribution in [0.25, 0.3) is 11.1 Å². The topological polar surface area (TPSA) is 95.9 Å². The van der Waals surface area contributed by atoms with Gasteiger partial charge in [0.15, 0.2) is 0 Å². The average Bonchev–Trinajstić information content (AvgIpc) is 3.57. The molecule has 5 rings (SSSR count). The quantitative estimate of drug-likeness (QED) is 0.618. The van der Waals surface area contributed by atoms with Gasteiger partial charge in [0.2, 0.25) is 5.91 Å². The molecule has 3 aliphatic rings. The number of benzene rings is 2. The van der Waals surface area contributed by atoms with E-state index in [4.69, 9.17) is 4.74 Å². The summed E-state index contributed by atoms with van der Waals surface area (Å²) in [7, 11) is 1.57. The molecule has 0 radical (unpaired) electrons. The van der Waals surface area contributed by atoms with E-state index >= 15 is 0 Å². The van der Waals surface area contributed by atoms with E-state index in [9.17, 15) is 19.5 Å². The highest BCUT2D eigenvalue weighted by atomic mass is 16.5. The van der Waals surface area contributed by atoms with E-state index < -0.39 is 23.5 Å². The lowest BCUT2D eigenvalue weighted by Crippen LogP contribution is -2.51. The molecule has 2 N–H and O–H groups in total.